The topological polar surface area (TPSA) is 37.4 Å². The summed E-state index contributed by atoms with van der Waals surface area (Å²) in [6.45, 7) is 2.68. The summed E-state index contributed by atoms with van der Waals surface area (Å²) >= 11 is 0. The van der Waals surface area contributed by atoms with E-state index in [1.54, 1.807) is 0 Å². The van der Waals surface area contributed by atoms with Crippen LogP contribution in [-0.2, 0) is 11.3 Å². The number of nitrogens with one attached hydrogen (secondary N) is 1. The summed E-state index contributed by atoms with van der Waals surface area (Å²) in [6.07, 6.45) is 4.11. The van der Waals surface area contributed by atoms with Crippen LogP contribution in [0.15, 0.2) is 18.3 Å². The molecule has 0 saturated carbocycles. The molecular weight excluding hydrogens is 214 g/mol. The van der Waals surface area contributed by atoms with Gasteiger partial charge in [-0.2, -0.15) is 0 Å². The zero-order chi connectivity index (χ0) is 12.1. The first kappa shape index (κ1) is 12.3. The molecule has 0 atom stereocenters. The normalized spacial score (nSPS) is 17.4. The van der Waals surface area contributed by atoms with E-state index in [4.69, 9.17) is 4.74 Å². The van der Waals surface area contributed by atoms with E-state index in [9.17, 15) is 0 Å². The largest absolute Gasteiger partial charge is 0.388 e. The van der Waals surface area contributed by atoms with E-state index < -0.39 is 0 Å². The van der Waals surface area contributed by atoms with Gasteiger partial charge in [-0.05, 0) is 32.0 Å². The number of aromatic nitrogens is 1. The summed E-state index contributed by atoms with van der Waals surface area (Å²) in [5.74, 6) is 0. The molecule has 94 valence electrons. The van der Waals surface area contributed by atoms with Crippen molar-refractivity contribution in [1.82, 2.24) is 9.88 Å². The molecule has 1 N–H and O–H groups in total. The first-order valence-electron chi connectivity index (χ1n) is 6.20. The van der Waals surface area contributed by atoms with Crippen molar-refractivity contribution in [3.63, 3.8) is 0 Å². The van der Waals surface area contributed by atoms with E-state index in [1.807, 2.05) is 19.3 Å². The summed E-state index contributed by atoms with van der Waals surface area (Å²) < 4.78 is 5.38. The van der Waals surface area contributed by atoms with Crippen LogP contribution in [0.3, 0.4) is 0 Å². The fourth-order valence-electron chi connectivity index (χ4n) is 2.23. The first-order valence-corrected chi connectivity index (χ1v) is 6.20. The van der Waals surface area contributed by atoms with Crippen LogP contribution in [0.5, 0.6) is 0 Å². The number of pyridine rings is 1. The SMILES string of the molecule is CNc1ccnc(CN(C)C2CCOCC2)c1. The highest BCUT2D eigenvalue weighted by Crippen LogP contribution is 2.16. The third-order valence-electron chi connectivity index (χ3n) is 3.33. The molecule has 0 aromatic carbocycles. The van der Waals surface area contributed by atoms with Crippen LogP contribution in [0.4, 0.5) is 5.69 Å². The van der Waals surface area contributed by atoms with Gasteiger partial charge >= 0.3 is 0 Å². The van der Waals surface area contributed by atoms with Crippen LogP contribution < -0.4 is 5.32 Å². The highest BCUT2D eigenvalue weighted by molar-refractivity contribution is 5.42. The van der Waals surface area contributed by atoms with E-state index in [-0.39, 0.29) is 0 Å². The lowest BCUT2D eigenvalue weighted by atomic mass is 10.1. The molecule has 4 heteroatoms. The Morgan fingerprint density at radius 3 is 2.94 bits per heavy atom. The van der Waals surface area contributed by atoms with Crippen molar-refractivity contribution < 1.29 is 4.74 Å². The molecule has 1 aromatic rings. The van der Waals surface area contributed by atoms with Crippen molar-refractivity contribution in [2.45, 2.75) is 25.4 Å². The molecule has 0 aliphatic carbocycles. The number of hydrogen-bond acceptors (Lipinski definition) is 4. The molecule has 1 fully saturated rings. The molecule has 0 radical (unpaired) electrons. The number of ether oxygens (including phenoxy) is 1. The van der Waals surface area contributed by atoms with E-state index in [2.05, 4.69) is 28.3 Å². The maximum absolute atomic E-state index is 5.38. The molecule has 17 heavy (non-hydrogen) atoms. The molecule has 2 heterocycles. The predicted octanol–water partition coefficient (Wildman–Crippen LogP) is 1.73. The molecule has 1 aliphatic rings. The molecule has 1 aliphatic heterocycles. The minimum absolute atomic E-state index is 0.629. The first-order chi connectivity index (χ1) is 8.29. The van der Waals surface area contributed by atoms with Crippen LogP contribution in [0.25, 0.3) is 0 Å². The van der Waals surface area contributed by atoms with Crippen molar-refractivity contribution in [1.29, 1.82) is 0 Å². The molecule has 0 spiro atoms. The summed E-state index contributed by atoms with van der Waals surface area (Å²) in [7, 11) is 4.10. The molecule has 0 unspecified atom stereocenters. The highest BCUT2D eigenvalue weighted by Gasteiger charge is 2.18. The Balaban J connectivity index is 1.94. The molecule has 1 aromatic heterocycles. The monoisotopic (exact) mass is 235 g/mol. The molecule has 0 bridgehead atoms. The average Bonchev–Trinajstić information content (AvgIpc) is 2.40. The van der Waals surface area contributed by atoms with Gasteiger partial charge in [0.25, 0.3) is 0 Å². The summed E-state index contributed by atoms with van der Waals surface area (Å²) in [4.78, 5) is 6.79. The van der Waals surface area contributed by atoms with Crippen molar-refractivity contribution in [2.24, 2.45) is 0 Å². The lowest BCUT2D eigenvalue weighted by Crippen LogP contribution is -2.36. The Morgan fingerprint density at radius 2 is 2.24 bits per heavy atom. The van der Waals surface area contributed by atoms with E-state index >= 15 is 0 Å². The predicted molar refractivity (Wildman–Crippen MR) is 69.1 cm³/mol. The van der Waals surface area contributed by atoms with Crippen molar-refractivity contribution >= 4 is 5.69 Å². The molecule has 2 rings (SSSR count). The Morgan fingerprint density at radius 1 is 1.47 bits per heavy atom. The maximum atomic E-state index is 5.38. The molecule has 1 saturated heterocycles. The van der Waals surface area contributed by atoms with E-state index in [0.29, 0.717) is 6.04 Å². The minimum Gasteiger partial charge on any atom is -0.388 e. The molecular formula is C13H21N3O. The minimum atomic E-state index is 0.629. The number of nitrogens with zero attached hydrogens (tertiary/aromatic N) is 2. The van der Waals surface area contributed by atoms with Crippen LogP contribution in [0.2, 0.25) is 0 Å². The highest BCUT2D eigenvalue weighted by atomic mass is 16.5. The Bertz CT molecular complexity index is 350. The van der Waals surface area contributed by atoms with Crippen LogP contribution >= 0.6 is 0 Å². The number of hydrogen-bond donors (Lipinski definition) is 1. The van der Waals surface area contributed by atoms with Gasteiger partial charge in [-0.1, -0.05) is 0 Å². The van der Waals surface area contributed by atoms with Crippen LogP contribution in [0.1, 0.15) is 18.5 Å². The van der Waals surface area contributed by atoms with Gasteiger partial charge in [-0.25, -0.2) is 0 Å². The Kier molecular flexibility index (Phi) is 4.34. The summed E-state index contributed by atoms with van der Waals surface area (Å²) in [5.41, 5.74) is 2.24. The van der Waals surface area contributed by atoms with Gasteiger partial charge in [0.1, 0.15) is 0 Å². The van der Waals surface area contributed by atoms with Gasteiger partial charge in [-0.15, -0.1) is 0 Å². The van der Waals surface area contributed by atoms with Gasteiger partial charge in [0, 0.05) is 44.7 Å². The lowest BCUT2D eigenvalue weighted by molar-refractivity contribution is 0.0403. The van der Waals surface area contributed by atoms with Crippen molar-refractivity contribution in [3.05, 3.63) is 24.0 Å². The maximum Gasteiger partial charge on any atom is 0.0564 e. The second-order valence-corrected chi connectivity index (χ2v) is 4.54. The molecule has 0 amide bonds. The standard InChI is InChI=1S/C13H21N3O/c1-14-11-3-6-15-12(9-11)10-16(2)13-4-7-17-8-5-13/h3,6,9,13H,4-5,7-8,10H2,1-2H3,(H,14,15). The van der Waals surface area contributed by atoms with Crippen molar-refractivity contribution in [2.75, 3.05) is 32.6 Å². The zero-order valence-corrected chi connectivity index (χ0v) is 10.6. The Hall–Kier alpha value is -1.13. The smallest absolute Gasteiger partial charge is 0.0564 e. The van der Waals surface area contributed by atoms with Crippen LogP contribution in [-0.4, -0.2) is 43.2 Å². The van der Waals surface area contributed by atoms with Crippen molar-refractivity contribution in [3.8, 4) is 0 Å². The quantitative estimate of drug-likeness (QED) is 0.862. The lowest BCUT2D eigenvalue weighted by Gasteiger charge is -2.30. The summed E-state index contributed by atoms with van der Waals surface area (Å²) in [5, 5.41) is 3.14. The summed E-state index contributed by atoms with van der Waals surface area (Å²) in [6, 6.07) is 4.72. The van der Waals surface area contributed by atoms with Gasteiger partial charge in [-0.3, -0.25) is 9.88 Å². The fraction of sp³-hybridized carbons (Fsp3) is 0.615. The molecule has 4 nitrogen and oxygen atoms in total. The van der Waals surface area contributed by atoms with Gasteiger partial charge < -0.3 is 10.1 Å². The van der Waals surface area contributed by atoms with E-state index in [1.165, 1.54) is 0 Å². The zero-order valence-electron chi connectivity index (χ0n) is 10.6. The Labute approximate surface area is 103 Å². The second kappa shape index (κ2) is 5.98. The average molecular weight is 235 g/mol. The number of anilines is 1. The van der Waals surface area contributed by atoms with E-state index in [0.717, 1.165) is 44.0 Å². The third-order valence-corrected chi connectivity index (χ3v) is 3.33. The fourth-order valence-corrected chi connectivity index (χ4v) is 2.23. The number of rotatable bonds is 4. The van der Waals surface area contributed by atoms with Gasteiger partial charge in [0.2, 0.25) is 0 Å². The van der Waals surface area contributed by atoms with Gasteiger partial charge in [0.15, 0.2) is 0 Å². The third kappa shape index (κ3) is 3.41. The van der Waals surface area contributed by atoms with Gasteiger partial charge in [0.05, 0.1) is 5.69 Å². The van der Waals surface area contributed by atoms with Crippen LogP contribution in [0, 0.1) is 0 Å². The second-order valence-electron chi connectivity index (χ2n) is 4.54.